The lowest BCUT2D eigenvalue weighted by atomic mass is 9.71. The summed E-state index contributed by atoms with van der Waals surface area (Å²) < 4.78 is 0. The fourth-order valence-corrected chi connectivity index (χ4v) is 2.72. The molecule has 1 fully saturated rings. The molecule has 1 saturated carbocycles. The van der Waals surface area contributed by atoms with Crippen LogP contribution in [0.5, 0.6) is 0 Å². The molecule has 0 atom stereocenters. The topological polar surface area (TPSA) is 75.1 Å². The molecule has 1 heterocycles. The number of hydrogen-bond acceptors (Lipinski definition) is 5. The number of aromatic nitrogens is 2. The maximum atomic E-state index is 11.5. The fourth-order valence-electron chi connectivity index (χ4n) is 2.28. The molecule has 1 aliphatic carbocycles. The highest BCUT2D eigenvalue weighted by Crippen LogP contribution is 2.39. The average molecular weight is 255 g/mol. The molecule has 2 rings (SSSR count). The third-order valence-corrected chi connectivity index (χ3v) is 4.27. The predicted octanol–water partition coefficient (Wildman–Crippen LogP) is 2.23. The Labute approximate surface area is 104 Å². The van der Waals surface area contributed by atoms with Crippen LogP contribution >= 0.6 is 11.3 Å². The Morgan fingerprint density at radius 2 is 2.35 bits per heavy atom. The summed E-state index contributed by atoms with van der Waals surface area (Å²) in [6, 6.07) is 0. The van der Waals surface area contributed by atoms with Crippen molar-refractivity contribution >= 4 is 22.4 Å². The van der Waals surface area contributed by atoms with Crippen molar-refractivity contribution < 1.29 is 9.90 Å². The molecule has 0 spiro atoms. The van der Waals surface area contributed by atoms with Gasteiger partial charge in [-0.25, -0.2) is 0 Å². The van der Waals surface area contributed by atoms with Gasteiger partial charge in [0.15, 0.2) is 0 Å². The standard InChI is InChI=1S/C11H17N3O2S/c1-8-2-4-11(5-3-8,9(15)16)6-12-10-14-13-7-17-10/h7-8H,2-6H2,1H3,(H,12,14)(H,15,16). The van der Waals surface area contributed by atoms with Gasteiger partial charge in [-0.2, -0.15) is 0 Å². The van der Waals surface area contributed by atoms with Gasteiger partial charge in [-0.1, -0.05) is 18.3 Å². The Morgan fingerprint density at radius 1 is 1.65 bits per heavy atom. The van der Waals surface area contributed by atoms with Crippen molar-refractivity contribution in [3.05, 3.63) is 5.51 Å². The second-order valence-electron chi connectivity index (χ2n) is 4.87. The SMILES string of the molecule is CC1CCC(CNc2nncs2)(C(=O)O)CC1. The summed E-state index contributed by atoms with van der Waals surface area (Å²) in [4.78, 5) is 11.5. The third-order valence-electron chi connectivity index (χ3n) is 3.62. The molecule has 0 aromatic carbocycles. The number of nitrogens with one attached hydrogen (secondary N) is 1. The van der Waals surface area contributed by atoms with E-state index in [4.69, 9.17) is 0 Å². The van der Waals surface area contributed by atoms with E-state index in [1.165, 1.54) is 11.3 Å². The first kappa shape index (κ1) is 12.3. The lowest BCUT2D eigenvalue weighted by Gasteiger charge is -2.35. The first-order valence-electron chi connectivity index (χ1n) is 5.86. The molecule has 1 aliphatic rings. The van der Waals surface area contributed by atoms with E-state index in [2.05, 4.69) is 22.4 Å². The van der Waals surface area contributed by atoms with Crippen LogP contribution < -0.4 is 5.32 Å². The van der Waals surface area contributed by atoms with Crippen molar-refractivity contribution in [3.8, 4) is 0 Å². The second-order valence-corrected chi connectivity index (χ2v) is 5.70. The summed E-state index contributed by atoms with van der Waals surface area (Å²) in [5, 5.41) is 20.8. The summed E-state index contributed by atoms with van der Waals surface area (Å²) in [5.41, 5.74) is 1.01. The average Bonchev–Trinajstić information content (AvgIpc) is 2.81. The van der Waals surface area contributed by atoms with E-state index in [0.717, 1.165) is 25.7 Å². The smallest absolute Gasteiger partial charge is 0.311 e. The summed E-state index contributed by atoms with van der Waals surface area (Å²) in [5.74, 6) is -0.0505. The molecule has 0 saturated heterocycles. The number of rotatable bonds is 4. The lowest BCUT2D eigenvalue weighted by molar-refractivity contribution is -0.150. The van der Waals surface area contributed by atoms with Crippen LogP contribution in [0, 0.1) is 11.3 Å². The zero-order valence-corrected chi connectivity index (χ0v) is 10.7. The number of carboxylic acids is 1. The summed E-state index contributed by atoms with van der Waals surface area (Å²) >= 11 is 1.40. The Kier molecular flexibility index (Phi) is 3.61. The van der Waals surface area contributed by atoms with Gasteiger partial charge in [0.2, 0.25) is 5.13 Å². The van der Waals surface area contributed by atoms with E-state index in [-0.39, 0.29) is 0 Å². The molecule has 0 bridgehead atoms. The first-order valence-corrected chi connectivity index (χ1v) is 6.74. The highest BCUT2D eigenvalue weighted by atomic mass is 32.1. The van der Waals surface area contributed by atoms with Gasteiger partial charge >= 0.3 is 5.97 Å². The zero-order chi connectivity index (χ0) is 12.3. The van der Waals surface area contributed by atoms with Crippen molar-refractivity contribution in [2.24, 2.45) is 11.3 Å². The monoisotopic (exact) mass is 255 g/mol. The van der Waals surface area contributed by atoms with Crippen LogP contribution in [0.25, 0.3) is 0 Å². The van der Waals surface area contributed by atoms with Gasteiger partial charge in [0.1, 0.15) is 5.51 Å². The van der Waals surface area contributed by atoms with E-state index in [1.807, 2.05) is 0 Å². The molecule has 1 aromatic rings. The van der Waals surface area contributed by atoms with Gasteiger partial charge in [0.05, 0.1) is 5.41 Å². The largest absolute Gasteiger partial charge is 0.481 e. The van der Waals surface area contributed by atoms with Crippen LogP contribution in [0.2, 0.25) is 0 Å². The number of hydrogen-bond donors (Lipinski definition) is 2. The van der Waals surface area contributed by atoms with Crippen molar-refractivity contribution in [2.45, 2.75) is 32.6 Å². The maximum Gasteiger partial charge on any atom is 0.311 e. The van der Waals surface area contributed by atoms with E-state index in [1.54, 1.807) is 5.51 Å². The number of aliphatic carboxylic acids is 1. The van der Waals surface area contributed by atoms with Gasteiger partial charge in [-0.3, -0.25) is 4.79 Å². The normalized spacial score (nSPS) is 28.9. The van der Waals surface area contributed by atoms with Gasteiger partial charge < -0.3 is 10.4 Å². The number of carbonyl (C=O) groups is 1. The van der Waals surface area contributed by atoms with Crippen molar-refractivity contribution in [1.29, 1.82) is 0 Å². The zero-order valence-electron chi connectivity index (χ0n) is 9.85. The molecule has 0 radical (unpaired) electrons. The van der Waals surface area contributed by atoms with Crippen LogP contribution in [-0.4, -0.2) is 27.8 Å². The molecule has 6 heteroatoms. The number of anilines is 1. The molecule has 0 amide bonds. The summed E-state index contributed by atoms with van der Waals surface area (Å²) in [6.45, 7) is 2.63. The van der Waals surface area contributed by atoms with Crippen LogP contribution in [0.1, 0.15) is 32.6 Å². The summed E-state index contributed by atoms with van der Waals surface area (Å²) in [7, 11) is 0. The van der Waals surface area contributed by atoms with Crippen LogP contribution in [0.15, 0.2) is 5.51 Å². The highest BCUT2D eigenvalue weighted by molar-refractivity contribution is 7.13. The maximum absolute atomic E-state index is 11.5. The van der Waals surface area contributed by atoms with Crippen LogP contribution in [-0.2, 0) is 4.79 Å². The molecule has 0 unspecified atom stereocenters. The molecular formula is C11H17N3O2S. The van der Waals surface area contributed by atoms with Crippen LogP contribution in [0.3, 0.4) is 0 Å². The lowest BCUT2D eigenvalue weighted by Crippen LogP contribution is -2.41. The molecule has 0 aliphatic heterocycles. The van der Waals surface area contributed by atoms with Crippen LogP contribution in [0.4, 0.5) is 5.13 Å². The Morgan fingerprint density at radius 3 is 2.88 bits per heavy atom. The molecule has 1 aromatic heterocycles. The van der Waals surface area contributed by atoms with E-state index in [0.29, 0.717) is 17.6 Å². The quantitative estimate of drug-likeness (QED) is 0.863. The van der Waals surface area contributed by atoms with E-state index >= 15 is 0 Å². The molecular weight excluding hydrogens is 238 g/mol. The minimum atomic E-state index is -0.693. The minimum Gasteiger partial charge on any atom is -0.481 e. The van der Waals surface area contributed by atoms with Gasteiger partial charge in [-0.15, -0.1) is 10.2 Å². The van der Waals surface area contributed by atoms with Gasteiger partial charge in [0.25, 0.3) is 0 Å². The van der Waals surface area contributed by atoms with Crippen molar-refractivity contribution in [2.75, 3.05) is 11.9 Å². The minimum absolute atomic E-state index is 0.449. The van der Waals surface area contributed by atoms with E-state index in [9.17, 15) is 9.90 Å². The van der Waals surface area contributed by atoms with Crippen molar-refractivity contribution in [3.63, 3.8) is 0 Å². The number of carboxylic acid groups (broad SMARTS) is 1. The molecule has 5 nitrogen and oxygen atoms in total. The first-order chi connectivity index (χ1) is 8.12. The Balaban J connectivity index is 2.00. The highest BCUT2D eigenvalue weighted by Gasteiger charge is 2.41. The number of nitrogens with zero attached hydrogens (tertiary/aromatic N) is 2. The van der Waals surface area contributed by atoms with Gasteiger partial charge in [-0.05, 0) is 31.6 Å². The van der Waals surface area contributed by atoms with Gasteiger partial charge in [0, 0.05) is 6.54 Å². The fraction of sp³-hybridized carbons (Fsp3) is 0.727. The molecule has 17 heavy (non-hydrogen) atoms. The van der Waals surface area contributed by atoms with E-state index < -0.39 is 11.4 Å². The summed E-state index contributed by atoms with van der Waals surface area (Å²) in [6.07, 6.45) is 3.47. The predicted molar refractivity (Wildman–Crippen MR) is 66.1 cm³/mol. The second kappa shape index (κ2) is 5.00. The third kappa shape index (κ3) is 2.74. The van der Waals surface area contributed by atoms with Crippen molar-refractivity contribution in [1.82, 2.24) is 10.2 Å². The molecule has 94 valence electrons. The Bertz CT molecular complexity index is 372. The Hall–Kier alpha value is -1.17. The molecule has 2 N–H and O–H groups in total.